The Morgan fingerprint density at radius 3 is 1.24 bits per heavy atom. The van der Waals surface area contributed by atoms with Crippen LogP contribution < -0.4 is 58.9 Å². The number of aliphatic hydroxyl groups excluding tert-OH is 3. The number of carbonyl (C=O) groups is 16. The molecule has 1 aromatic carbocycles. The van der Waals surface area contributed by atoms with Gasteiger partial charge < -0.3 is 104 Å². The maximum Gasteiger partial charge on any atom is 0.326 e. The Labute approximate surface area is 628 Å². The zero-order valence-corrected chi connectivity index (χ0v) is 63.5. The average Bonchev–Trinajstić information content (AvgIpc) is 1.64. The van der Waals surface area contributed by atoms with Crippen LogP contribution in [0.2, 0.25) is 0 Å². The molecule has 4 rings (SSSR count). The van der Waals surface area contributed by atoms with Crippen molar-refractivity contribution in [1.82, 2.24) is 67.9 Å². The van der Waals surface area contributed by atoms with E-state index in [4.69, 9.17) is 5.73 Å². The van der Waals surface area contributed by atoms with Crippen molar-refractivity contribution in [2.24, 2.45) is 29.4 Å². The summed E-state index contributed by atoms with van der Waals surface area (Å²) >= 11 is 0. The first kappa shape index (κ1) is 91.0. The van der Waals surface area contributed by atoms with Gasteiger partial charge in [-0.3, -0.25) is 71.9 Å². The normalized spacial score (nSPS) is 19.3. The molecule has 13 amide bonds. The van der Waals surface area contributed by atoms with Gasteiger partial charge in [-0.15, -0.1) is 0 Å². The lowest BCUT2D eigenvalue weighted by Gasteiger charge is -2.32. The molecule has 36 heteroatoms. The first-order valence-electron chi connectivity index (χ1n) is 37.0. The number of benzene rings is 1. The number of aliphatic carboxylic acids is 3. The van der Waals surface area contributed by atoms with Crippen molar-refractivity contribution in [1.29, 1.82) is 0 Å². The second-order valence-electron chi connectivity index (χ2n) is 29.9. The minimum Gasteiger partial charge on any atom is -0.481 e. The second-order valence-corrected chi connectivity index (χ2v) is 29.9. The molecule has 0 spiro atoms. The van der Waals surface area contributed by atoms with Crippen LogP contribution >= 0.6 is 0 Å². The van der Waals surface area contributed by atoms with Crippen LogP contribution in [0.5, 0.6) is 0 Å². The van der Waals surface area contributed by atoms with Gasteiger partial charge in [0, 0.05) is 38.9 Å². The van der Waals surface area contributed by atoms with Gasteiger partial charge in [-0.25, -0.2) is 4.79 Å². The molecule has 108 heavy (non-hydrogen) atoms. The summed E-state index contributed by atoms with van der Waals surface area (Å²) in [7, 11) is 0. The summed E-state index contributed by atoms with van der Waals surface area (Å²) in [6, 6.07) is -11.8. The van der Waals surface area contributed by atoms with Gasteiger partial charge >= 0.3 is 17.9 Å². The first-order chi connectivity index (χ1) is 50.6. The molecule has 18 N–H and O–H groups in total. The largest absolute Gasteiger partial charge is 0.481 e. The maximum atomic E-state index is 14.8. The van der Waals surface area contributed by atoms with Crippen LogP contribution in [0, 0.1) is 23.7 Å². The van der Waals surface area contributed by atoms with E-state index in [-0.39, 0.29) is 101 Å². The Kier molecular flexibility index (Phi) is 36.7. The minimum absolute atomic E-state index is 0.0137. The summed E-state index contributed by atoms with van der Waals surface area (Å²) in [4.78, 5) is 222. The van der Waals surface area contributed by atoms with E-state index >= 15 is 0 Å². The zero-order valence-electron chi connectivity index (χ0n) is 63.5. The number of nitrogens with zero attached hydrogens (tertiary/aromatic N) is 3. The molecule has 0 radical (unpaired) electrons. The van der Waals surface area contributed by atoms with Crippen molar-refractivity contribution in [3.05, 3.63) is 35.9 Å². The third kappa shape index (κ3) is 28.3. The highest BCUT2D eigenvalue weighted by Crippen LogP contribution is 2.25. The Morgan fingerprint density at radius 1 is 0.407 bits per heavy atom. The molecule has 0 unspecified atom stereocenters. The summed E-state index contributed by atoms with van der Waals surface area (Å²) in [5.74, 6) is -16.6. The standard InChI is InChI=1S/C72H114N14O22/c1-36(2)30-46(60(95)74-40(9)69(104)84-27-15-20-52(84)65(100)76-45(24-26-56(92)93)70(105)86-29-17-22-54(86)72(107)108)79-66(101)53-21-16-28-85(53)71(106)50(33-39(7)8)81-59(94)44(23-25-55(90)91)75-61(96)47(31-37(3)4)77-62(97)49(34-43-18-13-12-14-19-43)78-64(99)51(35-87)82-68(103)58(42(11)89)83-63(98)48(32-38(5)6)80-67(102)57(73)41(10)88/h12-14,18-19,36-42,44-54,57-58,87-89H,15-17,20-35,73H2,1-11H3,(H,74,95)(H,75,96)(H,76,100)(H,77,97)(H,78,99)(H,79,101)(H,80,102)(H,81,94)(H,82,103)(H,83,98)(H,90,91)(H,92,93)(H,107,108)/t40-,41+,42+,44-,45-,46-,47-,48-,49-,50-,51-,52-,53-,54-,57-,58-/m0/s1. The van der Waals surface area contributed by atoms with Gasteiger partial charge in [0.25, 0.3) is 0 Å². The number of nitrogens with two attached hydrogens (primary N) is 1. The van der Waals surface area contributed by atoms with Crippen molar-refractivity contribution in [2.75, 3.05) is 26.2 Å². The molecule has 0 aliphatic carbocycles. The third-order valence-electron chi connectivity index (χ3n) is 18.7. The van der Waals surface area contributed by atoms with Crippen molar-refractivity contribution in [2.45, 2.75) is 269 Å². The van der Waals surface area contributed by atoms with E-state index in [1.165, 1.54) is 23.6 Å². The van der Waals surface area contributed by atoms with E-state index in [1.807, 2.05) is 0 Å². The summed E-state index contributed by atoms with van der Waals surface area (Å²) in [6.45, 7) is 16.8. The number of rotatable bonds is 43. The van der Waals surface area contributed by atoms with Gasteiger partial charge in [-0.05, 0) is 127 Å². The zero-order chi connectivity index (χ0) is 81.1. The predicted molar refractivity (Wildman–Crippen MR) is 387 cm³/mol. The molecule has 3 heterocycles. The molecule has 0 saturated carbocycles. The van der Waals surface area contributed by atoms with Crippen LogP contribution in [-0.4, -0.2) is 263 Å². The molecule has 3 aliphatic rings. The highest BCUT2D eigenvalue weighted by atomic mass is 16.4. The third-order valence-corrected chi connectivity index (χ3v) is 18.7. The van der Waals surface area contributed by atoms with Crippen LogP contribution in [0.1, 0.15) is 172 Å². The number of hydrogen-bond donors (Lipinski definition) is 17. The first-order valence-corrected chi connectivity index (χ1v) is 37.0. The maximum absolute atomic E-state index is 14.8. The number of carboxylic acids is 3. The van der Waals surface area contributed by atoms with Crippen LogP contribution in [0.25, 0.3) is 0 Å². The molecule has 16 atom stereocenters. The van der Waals surface area contributed by atoms with Crippen molar-refractivity contribution in [3.63, 3.8) is 0 Å². The SMILES string of the molecule is CC(C)C[C@H](NC(=O)[C@H](Cc1ccccc1)NC(=O)[C@H](CO)NC(=O)[C@@H](NC(=O)[C@H](CC(C)C)NC(=O)[C@@H](N)[C@@H](C)O)[C@@H](C)O)C(=O)N[C@@H](CCC(=O)O)C(=O)N[C@@H](CC(C)C)C(=O)N1CCC[C@H]1C(=O)N[C@@H](CC(C)C)C(=O)N[C@@H](C)C(=O)N1CCC[C@H]1C(=O)N[C@@H](CCC(=O)O)C(=O)N1CCC[C@H]1C(=O)O. The molecule has 3 fully saturated rings. The van der Waals surface area contributed by atoms with E-state index in [0.29, 0.717) is 24.8 Å². The lowest BCUT2D eigenvalue weighted by atomic mass is 9.99. The molecule has 1 aromatic rings. The minimum atomic E-state index is -1.85. The molecule has 0 aromatic heterocycles. The van der Waals surface area contributed by atoms with Crippen molar-refractivity contribution >= 4 is 94.7 Å². The number of carbonyl (C=O) groups excluding carboxylic acids is 13. The smallest absolute Gasteiger partial charge is 0.326 e. The van der Waals surface area contributed by atoms with Crippen molar-refractivity contribution < 1.29 is 107 Å². The van der Waals surface area contributed by atoms with Crippen LogP contribution in [0.15, 0.2) is 30.3 Å². The molecule has 0 bridgehead atoms. The Hall–Kier alpha value is -9.42. The van der Waals surface area contributed by atoms with Crippen LogP contribution in [0.3, 0.4) is 0 Å². The molecule has 3 aliphatic heterocycles. The van der Waals surface area contributed by atoms with E-state index in [9.17, 15) is 107 Å². The van der Waals surface area contributed by atoms with Gasteiger partial charge in [-0.1, -0.05) is 85.7 Å². The molecular weight excluding hydrogens is 1410 g/mol. The molecule has 3 saturated heterocycles. The quantitative estimate of drug-likeness (QED) is 0.0313. The number of nitrogens with one attached hydrogen (secondary N) is 10. The average molecular weight is 1530 g/mol. The number of aliphatic hydroxyl groups is 3. The van der Waals surface area contributed by atoms with E-state index in [0.717, 1.165) is 11.8 Å². The van der Waals surface area contributed by atoms with Gasteiger partial charge in [0.15, 0.2) is 0 Å². The highest BCUT2D eigenvalue weighted by molar-refractivity contribution is 6.01. The summed E-state index contributed by atoms with van der Waals surface area (Å²) in [5, 5.41) is 85.5. The fraction of sp³-hybridized carbons (Fsp3) is 0.694. The number of likely N-dealkylation sites (tertiary alicyclic amines) is 3. The van der Waals surface area contributed by atoms with Gasteiger partial charge in [0.1, 0.15) is 84.6 Å². The van der Waals surface area contributed by atoms with Crippen molar-refractivity contribution in [3.8, 4) is 0 Å². The summed E-state index contributed by atoms with van der Waals surface area (Å²) in [5.41, 5.74) is 6.26. The lowest BCUT2D eigenvalue weighted by molar-refractivity contribution is -0.150. The van der Waals surface area contributed by atoms with Crippen LogP contribution in [0.4, 0.5) is 0 Å². The predicted octanol–water partition coefficient (Wildman–Crippen LogP) is -2.85. The summed E-state index contributed by atoms with van der Waals surface area (Å²) in [6.07, 6.45) is -3.95. The topological polar surface area (TPSA) is 551 Å². The fourth-order valence-electron chi connectivity index (χ4n) is 13.1. The Morgan fingerprint density at radius 2 is 0.769 bits per heavy atom. The van der Waals surface area contributed by atoms with Crippen LogP contribution in [-0.2, 0) is 83.1 Å². The van der Waals surface area contributed by atoms with E-state index in [2.05, 4.69) is 53.2 Å². The summed E-state index contributed by atoms with van der Waals surface area (Å²) < 4.78 is 0. The number of carboxylic acid groups (broad SMARTS) is 3. The monoisotopic (exact) mass is 1530 g/mol. The lowest BCUT2D eigenvalue weighted by Crippen LogP contribution is -2.62. The molecular formula is C72H114N14O22. The Bertz CT molecular complexity index is 3320. The van der Waals surface area contributed by atoms with Gasteiger partial charge in [0.2, 0.25) is 76.8 Å². The number of amides is 13. The fourth-order valence-corrected chi connectivity index (χ4v) is 13.1. The highest BCUT2D eigenvalue weighted by Gasteiger charge is 2.45. The molecule has 604 valence electrons. The molecule has 36 nitrogen and oxygen atoms in total. The number of hydrogen-bond acceptors (Lipinski definition) is 20. The van der Waals surface area contributed by atoms with Gasteiger partial charge in [-0.2, -0.15) is 0 Å². The van der Waals surface area contributed by atoms with Gasteiger partial charge in [0.05, 0.1) is 18.8 Å². The second kappa shape index (κ2) is 43.5. The Balaban J connectivity index is 1.52. The van der Waals surface area contributed by atoms with E-state index in [1.54, 1.807) is 85.7 Å². The van der Waals surface area contributed by atoms with E-state index < -0.39 is 217 Å².